The molecule has 3 nitrogen and oxygen atoms in total. The van der Waals surface area contributed by atoms with Crippen LogP contribution in [0.4, 0.5) is 8.78 Å². The number of alkyl halides is 2. The minimum absolute atomic E-state index is 0.0541. The molecule has 1 aromatic rings. The van der Waals surface area contributed by atoms with E-state index in [0.717, 1.165) is 0 Å². The second-order valence-electron chi connectivity index (χ2n) is 3.31. The van der Waals surface area contributed by atoms with Gasteiger partial charge in [-0.05, 0) is 24.7 Å². The molecule has 0 unspecified atom stereocenters. The van der Waals surface area contributed by atoms with E-state index in [1.54, 1.807) is 0 Å². The van der Waals surface area contributed by atoms with Gasteiger partial charge in [-0.15, -0.1) is 0 Å². The van der Waals surface area contributed by atoms with Crippen molar-refractivity contribution in [2.24, 2.45) is 5.73 Å². The molecule has 0 saturated carbocycles. The smallest absolute Gasteiger partial charge is 0.274 e. The Kier molecular flexibility index (Phi) is 2.48. The Morgan fingerprint density at radius 2 is 2.00 bits per heavy atom. The molecule has 15 heavy (non-hydrogen) atoms. The van der Waals surface area contributed by atoms with E-state index in [2.05, 4.69) is 0 Å². The molecule has 1 heterocycles. The van der Waals surface area contributed by atoms with E-state index in [1.807, 2.05) is 0 Å². The first-order valence-electron chi connectivity index (χ1n) is 4.61. The molecule has 0 fully saturated rings. The monoisotopic (exact) mass is 215 g/mol. The van der Waals surface area contributed by atoms with E-state index >= 15 is 0 Å². The maximum atomic E-state index is 13.4. The maximum Gasteiger partial charge on any atom is 0.274 e. The Morgan fingerprint density at radius 3 is 2.73 bits per heavy atom. The molecule has 0 atom stereocenters. The van der Waals surface area contributed by atoms with Gasteiger partial charge in [0.05, 0.1) is 0 Å². The summed E-state index contributed by atoms with van der Waals surface area (Å²) < 4.78 is 37.0. The molecular weight excluding hydrogens is 204 g/mol. The van der Waals surface area contributed by atoms with Crippen LogP contribution >= 0.6 is 0 Å². The number of fused-ring (bicyclic) bond motifs is 1. The lowest BCUT2D eigenvalue weighted by Gasteiger charge is -2.15. The summed E-state index contributed by atoms with van der Waals surface area (Å²) in [5, 5.41) is 0. The molecule has 1 aliphatic heterocycles. The lowest BCUT2D eigenvalue weighted by Crippen LogP contribution is -2.18. The van der Waals surface area contributed by atoms with E-state index in [9.17, 15) is 8.78 Å². The molecule has 1 aromatic carbocycles. The zero-order valence-corrected chi connectivity index (χ0v) is 8.00. The lowest BCUT2D eigenvalue weighted by molar-refractivity contribution is -0.0108. The van der Waals surface area contributed by atoms with E-state index in [1.165, 1.54) is 18.2 Å². The van der Waals surface area contributed by atoms with Crippen molar-refractivity contribution >= 4 is 0 Å². The van der Waals surface area contributed by atoms with Crippen molar-refractivity contribution < 1.29 is 18.3 Å². The molecule has 0 saturated heterocycles. The second-order valence-corrected chi connectivity index (χ2v) is 3.31. The molecule has 0 spiro atoms. The minimum atomic E-state index is -2.91. The van der Waals surface area contributed by atoms with Gasteiger partial charge in [-0.2, -0.15) is 0 Å². The van der Waals surface area contributed by atoms with Crippen LogP contribution in [0, 0.1) is 0 Å². The molecule has 0 radical (unpaired) electrons. The van der Waals surface area contributed by atoms with Crippen molar-refractivity contribution in [3.05, 3.63) is 23.8 Å². The fourth-order valence-corrected chi connectivity index (χ4v) is 1.45. The van der Waals surface area contributed by atoms with Crippen LogP contribution in [0.25, 0.3) is 0 Å². The average Bonchev–Trinajstić information content (AvgIpc) is 2.63. The standard InChI is InChI=1S/C10H11F2NO2/c11-10(12,3-4-13)7-1-2-8-9(5-7)15-6-14-8/h1-2,5H,3-4,6,13H2. The molecule has 5 heteroatoms. The highest BCUT2D eigenvalue weighted by molar-refractivity contribution is 5.45. The Hall–Kier alpha value is -1.36. The molecule has 2 rings (SSSR count). The number of nitrogens with two attached hydrogens (primary N) is 1. The third-order valence-corrected chi connectivity index (χ3v) is 2.25. The van der Waals surface area contributed by atoms with Gasteiger partial charge < -0.3 is 15.2 Å². The fourth-order valence-electron chi connectivity index (χ4n) is 1.45. The summed E-state index contributed by atoms with van der Waals surface area (Å²) in [6.45, 7) is 0.0304. The van der Waals surface area contributed by atoms with Crippen LogP contribution in [0.5, 0.6) is 11.5 Å². The zero-order chi connectivity index (χ0) is 10.9. The van der Waals surface area contributed by atoms with E-state index < -0.39 is 5.92 Å². The minimum Gasteiger partial charge on any atom is -0.454 e. The van der Waals surface area contributed by atoms with Crippen molar-refractivity contribution in [1.29, 1.82) is 0 Å². The van der Waals surface area contributed by atoms with Gasteiger partial charge in [0.15, 0.2) is 11.5 Å². The van der Waals surface area contributed by atoms with Gasteiger partial charge >= 0.3 is 0 Å². The third kappa shape index (κ3) is 1.87. The second kappa shape index (κ2) is 3.66. The van der Waals surface area contributed by atoms with Crippen molar-refractivity contribution in [2.45, 2.75) is 12.3 Å². The molecule has 0 aromatic heterocycles. The summed E-state index contributed by atoms with van der Waals surface area (Å²) in [6, 6.07) is 4.13. The molecule has 82 valence electrons. The molecule has 0 bridgehead atoms. The van der Waals surface area contributed by atoms with Gasteiger partial charge in [0.25, 0.3) is 5.92 Å². The number of benzene rings is 1. The first-order chi connectivity index (χ1) is 7.13. The number of rotatable bonds is 3. The quantitative estimate of drug-likeness (QED) is 0.836. The first kappa shape index (κ1) is 10.2. The van der Waals surface area contributed by atoms with Crippen molar-refractivity contribution in [3.8, 4) is 11.5 Å². The lowest BCUT2D eigenvalue weighted by atomic mass is 10.1. The normalized spacial score (nSPS) is 14.3. The number of hydrogen-bond acceptors (Lipinski definition) is 3. The predicted octanol–water partition coefficient (Wildman–Crippen LogP) is 1.86. The van der Waals surface area contributed by atoms with Crippen LogP contribution in [-0.2, 0) is 5.92 Å². The Bertz CT molecular complexity index is 368. The Balaban J connectivity index is 2.29. The molecule has 1 aliphatic rings. The van der Waals surface area contributed by atoms with Crippen molar-refractivity contribution in [2.75, 3.05) is 13.3 Å². The van der Waals surface area contributed by atoms with Gasteiger partial charge in [0, 0.05) is 12.0 Å². The highest BCUT2D eigenvalue weighted by atomic mass is 19.3. The van der Waals surface area contributed by atoms with Gasteiger partial charge in [0.2, 0.25) is 6.79 Å². The predicted molar refractivity (Wildman–Crippen MR) is 50.1 cm³/mol. The number of hydrogen-bond donors (Lipinski definition) is 1. The first-order valence-corrected chi connectivity index (χ1v) is 4.61. The maximum absolute atomic E-state index is 13.4. The van der Waals surface area contributed by atoms with Gasteiger partial charge in [-0.3, -0.25) is 0 Å². The van der Waals surface area contributed by atoms with Crippen molar-refractivity contribution in [3.63, 3.8) is 0 Å². The summed E-state index contributed by atoms with van der Waals surface area (Å²) in [5.41, 5.74) is 5.04. The largest absolute Gasteiger partial charge is 0.454 e. The molecule has 0 aliphatic carbocycles. The topological polar surface area (TPSA) is 44.5 Å². The van der Waals surface area contributed by atoms with Crippen LogP contribution in [0.1, 0.15) is 12.0 Å². The Labute approximate surface area is 85.8 Å². The van der Waals surface area contributed by atoms with E-state index in [4.69, 9.17) is 15.2 Å². The summed E-state index contributed by atoms with van der Waals surface area (Å²) in [6.07, 6.45) is -0.368. The SMILES string of the molecule is NCCC(F)(F)c1ccc2c(c1)OCO2. The third-order valence-electron chi connectivity index (χ3n) is 2.25. The van der Waals surface area contributed by atoms with Gasteiger partial charge in [0.1, 0.15) is 0 Å². The van der Waals surface area contributed by atoms with Gasteiger partial charge in [-0.25, -0.2) is 8.78 Å². The van der Waals surface area contributed by atoms with Crippen LogP contribution < -0.4 is 15.2 Å². The summed E-state index contributed by atoms with van der Waals surface area (Å²) >= 11 is 0. The van der Waals surface area contributed by atoms with E-state index in [-0.39, 0.29) is 25.3 Å². The average molecular weight is 215 g/mol. The molecular formula is C10H11F2NO2. The highest BCUT2D eigenvalue weighted by Gasteiger charge is 2.32. The Morgan fingerprint density at radius 1 is 1.27 bits per heavy atom. The molecule has 2 N–H and O–H groups in total. The summed E-state index contributed by atoms with van der Waals surface area (Å²) in [5.74, 6) is -2.04. The number of ether oxygens (including phenoxy) is 2. The van der Waals surface area contributed by atoms with Crippen LogP contribution in [0.2, 0.25) is 0 Å². The van der Waals surface area contributed by atoms with Gasteiger partial charge in [-0.1, -0.05) is 0 Å². The summed E-state index contributed by atoms with van der Waals surface area (Å²) in [7, 11) is 0. The molecule has 0 amide bonds. The van der Waals surface area contributed by atoms with Crippen LogP contribution in [0.15, 0.2) is 18.2 Å². The summed E-state index contributed by atoms with van der Waals surface area (Å²) in [4.78, 5) is 0. The van der Waals surface area contributed by atoms with Crippen molar-refractivity contribution in [1.82, 2.24) is 0 Å². The zero-order valence-electron chi connectivity index (χ0n) is 8.00. The van der Waals surface area contributed by atoms with Crippen LogP contribution in [-0.4, -0.2) is 13.3 Å². The fraction of sp³-hybridized carbons (Fsp3) is 0.400. The number of halogens is 2. The highest BCUT2D eigenvalue weighted by Crippen LogP contribution is 2.39. The van der Waals surface area contributed by atoms with Crippen LogP contribution in [0.3, 0.4) is 0 Å². The van der Waals surface area contributed by atoms with E-state index in [0.29, 0.717) is 11.5 Å².